The summed E-state index contributed by atoms with van der Waals surface area (Å²) < 4.78 is 5.73. The van der Waals surface area contributed by atoms with Gasteiger partial charge in [0.05, 0.1) is 5.92 Å². The number of hydrogen-bond acceptors (Lipinski definition) is 4. The first-order valence-corrected chi connectivity index (χ1v) is 8.70. The lowest BCUT2D eigenvalue weighted by molar-refractivity contribution is -0.136. The van der Waals surface area contributed by atoms with Crippen LogP contribution in [0.25, 0.3) is 0 Å². The fourth-order valence-electron chi connectivity index (χ4n) is 3.14. The van der Waals surface area contributed by atoms with E-state index in [9.17, 15) is 4.79 Å². The number of rotatable bonds is 5. The lowest BCUT2D eigenvalue weighted by Crippen LogP contribution is -2.51. The van der Waals surface area contributed by atoms with Crippen LogP contribution >= 0.6 is 11.6 Å². The van der Waals surface area contributed by atoms with Crippen LogP contribution in [0.4, 0.5) is 0 Å². The number of hydrogen-bond donors (Lipinski definition) is 1. The van der Waals surface area contributed by atoms with Gasteiger partial charge < -0.3 is 15.0 Å². The van der Waals surface area contributed by atoms with Crippen molar-refractivity contribution >= 4 is 17.5 Å². The normalized spacial score (nSPS) is 22.3. The molecule has 2 saturated heterocycles. The van der Waals surface area contributed by atoms with Gasteiger partial charge in [0.2, 0.25) is 5.91 Å². The van der Waals surface area contributed by atoms with Crippen LogP contribution in [-0.4, -0.2) is 68.1 Å². The van der Waals surface area contributed by atoms with Gasteiger partial charge in [-0.05, 0) is 37.2 Å². The first kappa shape index (κ1) is 16.6. The highest BCUT2D eigenvalue weighted by Crippen LogP contribution is 2.16. The van der Waals surface area contributed by atoms with Crippen molar-refractivity contribution in [3.8, 4) is 5.75 Å². The van der Waals surface area contributed by atoms with Gasteiger partial charge in [0.25, 0.3) is 0 Å². The number of carbonyl (C=O) groups is 1. The number of nitrogens with one attached hydrogen (secondary N) is 1. The van der Waals surface area contributed by atoms with Gasteiger partial charge >= 0.3 is 0 Å². The SMILES string of the molecule is O=C(C1CCNC1)N1CCN(CCOc2ccc(Cl)cc2)CC1. The summed E-state index contributed by atoms with van der Waals surface area (Å²) in [6, 6.07) is 7.43. The van der Waals surface area contributed by atoms with E-state index >= 15 is 0 Å². The third-order valence-corrected chi connectivity index (χ3v) is 4.84. The predicted molar refractivity (Wildman–Crippen MR) is 90.9 cm³/mol. The van der Waals surface area contributed by atoms with Crippen molar-refractivity contribution < 1.29 is 9.53 Å². The maximum absolute atomic E-state index is 12.4. The van der Waals surface area contributed by atoms with Crippen molar-refractivity contribution in [2.75, 3.05) is 52.4 Å². The fourth-order valence-corrected chi connectivity index (χ4v) is 3.26. The Labute approximate surface area is 142 Å². The van der Waals surface area contributed by atoms with Crippen LogP contribution in [0.3, 0.4) is 0 Å². The topological polar surface area (TPSA) is 44.8 Å². The lowest BCUT2D eigenvalue weighted by atomic mass is 10.1. The zero-order valence-corrected chi connectivity index (χ0v) is 14.1. The van der Waals surface area contributed by atoms with E-state index in [4.69, 9.17) is 16.3 Å². The van der Waals surface area contributed by atoms with Gasteiger partial charge in [-0.1, -0.05) is 11.6 Å². The van der Waals surface area contributed by atoms with Crippen molar-refractivity contribution in [2.45, 2.75) is 6.42 Å². The highest BCUT2D eigenvalue weighted by Gasteiger charge is 2.29. The molecule has 1 N–H and O–H groups in total. The summed E-state index contributed by atoms with van der Waals surface area (Å²) in [5, 5.41) is 3.98. The number of benzene rings is 1. The van der Waals surface area contributed by atoms with Gasteiger partial charge in [-0.2, -0.15) is 0 Å². The molecule has 1 unspecified atom stereocenters. The van der Waals surface area contributed by atoms with Crippen LogP contribution < -0.4 is 10.1 Å². The number of nitrogens with zero attached hydrogens (tertiary/aromatic N) is 2. The van der Waals surface area contributed by atoms with Crippen molar-refractivity contribution in [1.29, 1.82) is 0 Å². The van der Waals surface area contributed by atoms with Crippen LogP contribution in [0, 0.1) is 5.92 Å². The van der Waals surface area contributed by atoms with Gasteiger partial charge in [0.1, 0.15) is 12.4 Å². The fraction of sp³-hybridized carbons (Fsp3) is 0.588. The second-order valence-electron chi connectivity index (χ2n) is 6.16. The molecule has 0 aliphatic carbocycles. The average molecular weight is 338 g/mol. The molecule has 1 atom stereocenters. The standard InChI is InChI=1S/C17H24ClN3O2/c18-15-1-3-16(4-2-15)23-12-11-20-7-9-21(10-8-20)17(22)14-5-6-19-13-14/h1-4,14,19H,5-13H2. The summed E-state index contributed by atoms with van der Waals surface area (Å²) in [4.78, 5) is 16.7. The Morgan fingerprint density at radius 2 is 1.96 bits per heavy atom. The van der Waals surface area contributed by atoms with Crippen molar-refractivity contribution in [3.05, 3.63) is 29.3 Å². The molecule has 0 bridgehead atoms. The smallest absolute Gasteiger partial charge is 0.227 e. The molecule has 0 aromatic heterocycles. The molecule has 23 heavy (non-hydrogen) atoms. The van der Waals surface area contributed by atoms with Crippen molar-refractivity contribution in [1.82, 2.24) is 15.1 Å². The first-order valence-electron chi connectivity index (χ1n) is 8.32. The Hall–Kier alpha value is -1.30. The highest BCUT2D eigenvalue weighted by molar-refractivity contribution is 6.30. The Kier molecular flexibility index (Phi) is 5.75. The molecule has 2 aliphatic heterocycles. The van der Waals surface area contributed by atoms with Crippen molar-refractivity contribution in [2.24, 2.45) is 5.92 Å². The minimum absolute atomic E-state index is 0.190. The zero-order chi connectivity index (χ0) is 16.1. The van der Waals surface area contributed by atoms with Gasteiger partial charge in [-0.15, -0.1) is 0 Å². The Balaban J connectivity index is 1.36. The quantitative estimate of drug-likeness (QED) is 0.884. The molecule has 0 spiro atoms. The van der Waals surface area contributed by atoms with E-state index < -0.39 is 0 Å². The highest BCUT2D eigenvalue weighted by atomic mass is 35.5. The largest absolute Gasteiger partial charge is 0.492 e. The Morgan fingerprint density at radius 1 is 1.22 bits per heavy atom. The molecule has 2 aliphatic rings. The van der Waals surface area contributed by atoms with E-state index in [1.165, 1.54) is 0 Å². The third-order valence-electron chi connectivity index (χ3n) is 4.58. The van der Waals surface area contributed by atoms with E-state index in [2.05, 4.69) is 10.2 Å². The van der Waals surface area contributed by atoms with Gasteiger partial charge in [-0.3, -0.25) is 9.69 Å². The van der Waals surface area contributed by atoms with E-state index in [1.807, 2.05) is 29.2 Å². The average Bonchev–Trinajstić information content (AvgIpc) is 3.11. The van der Waals surface area contributed by atoms with Gasteiger partial charge in [0, 0.05) is 44.3 Å². The summed E-state index contributed by atoms with van der Waals surface area (Å²) in [5.74, 6) is 1.36. The molecular weight excluding hydrogens is 314 g/mol. The second-order valence-corrected chi connectivity index (χ2v) is 6.60. The maximum Gasteiger partial charge on any atom is 0.227 e. The predicted octanol–water partition coefficient (Wildman–Crippen LogP) is 1.47. The molecule has 2 heterocycles. The maximum atomic E-state index is 12.4. The van der Waals surface area contributed by atoms with E-state index in [0.29, 0.717) is 12.5 Å². The van der Waals surface area contributed by atoms with Crippen molar-refractivity contribution in [3.63, 3.8) is 0 Å². The molecule has 2 fully saturated rings. The van der Waals surface area contributed by atoms with E-state index in [1.54, 1.807) is 0 Å². The molecule has 1 amide bonds. The lowest BCUT2D eigenvalue weighted by Gasteiger charge is -2.35. The van der Waals surface area contributed by atoms with Crippen LogP contribution in [0.1, 0.15) is 6.42 Å². The molecule has 1 aromatic carbocycles. The number of ether oxygens (including phenoxy) is 1. The number of halogens is 1. The Morgan fingerprint density at radius 3 is 2.61 bits per heavy atom. The van der Waals surface area contributed by atoms with Gasteiger partial charge in [0.15, 0.2) is 0 Å². The zero-order valence-electron chi connectivity index (χ0n) is 13.3. The minimum atomic E-state index is 0.190. The van der Waals surface area contributed by atoms with Crippen LogP contribution in [0.5, 0.6) is 5.75 Å². The van der Waals surface area contributed by atoms with Crippen LogP contribution in [0.2, 0.25) is 5.02 Å². The molecule has 1 aromatic rings. The molecular formula is C17H24ClN3O2. The molecule has 3 rings (SSSR count). The number of piperazine rings is 1. The van der Waals surface area contributed by atoms with Crippen LogP contribution in [0.15, 0.2) is 24.3 Å². The summed E-state index contributed by atoms with van der Waals surface area (Å²) in [6.45, 7) is 6.86. The summed E-state index contributed by atoms with van der Waals surface area (Å²) in [7, 11) is 0. The molecule has 0 radical (unpaired) electrons. The number of carbonyl (C=O) groups excluding carboxylic acids is 1. The summed E-state index contributed by atoms with van der Waals surface area (Å²) in [5.41, 5.74) is 0. The minimum Gasteiger partial charge on any atom is -0.492 e. The molecule has 126 valence electrons. The van der Waals surface area contributed by atoms with E-state index in [-0.39, 0.29) is 5.92 Å². The molecule has 5 nitrogen and oxygen atoms in total. The first-order chi connectivity index (χ1) is 11.2. The molecule has 0 saturated carbocycles. The van der Waals surface area contributed by atoms with Crippen LogP contribution in [-0.2, 0) is 4.79 Å². The second kappa shape index (κ2) is 7.99. The number of amides is 1. The molecule has 6 heteroatoms. The monoisotopic (exact) mass is 337 g/mol. The van der Waals surface area contributed by atoms with Gasteiger partial charge in [-0.25, -0.2) is 0 Å². The third kappa shape index (κ3) is 4.59. The Bertz CT molecular complexity index is 509. The van der Waals surface area contributed by atoms with E-state index in [0.717, 1.165) is 63.0 Å². The summed E-state index contributed by atoms with van der Waals surface area (Å²) in [6.07, 6.45) is 0.980. The summed E-state index contributed by atoms with van der Waals surface area (Å²) >= 11 is 5.85.